The number of rotatable bonds is 5. The van der Waals surface area contributed by atoms with Crippen LogP contribution in [0.2, 0.25) is 0 Å². The molecule has 0 unspecified atom stereocenters. The van der Waals surface area contributed by atoms with Crippen molar-refractivity contribution in [2.75, 3.05) is 19.0 Å². The summed E-state index contributed by atoms with van der Waals surface area (Å²) in [7, 11) is 1.51. The predicted molar refractivity (Wildman–Crippen MR) is 65.9 cm³/mol. The maximum Gasteiger partial charge on any atom is 0.321 e. The fourth-order valence-corrected chi connectivity index (χ4v) is 1.87. The van der Waals surface area contributed by atoms with Gasteiger partial charge in [0.1, 0.15) is 6.26 Å². The lowest BCUT2D eigenvalue weighted by molar-refractivity contribution is 0.373. The lowest BCUT2D eigenvalue weighted by Gasteiger charge is -2.04. The number of hydrogen-bond acceptors (Lipinski definition) is 8. The third kappa shape index (κ3) is 3.10. The average Bonchev–Trinajstić information content (AvgIpc) is 2.75. The van der Waals surface area contributed by atoms with Gasteiger partial charge in [-0.1, -0.05) is 0 Å². The van der Waals surface area contributed by atoms with Gasteiger partial charge in [-0.25, -0.2) is 4.98 Å². The molecule has 0 radical (unpaired) electrons. The molecule has 0 saturated heterocycles. The number of hydrogen-bond donors (Lipinski definition) is 1. The lowest BCUT2D eigenvalue weighted by Crippen LogP contribution is -2.05. The first-order valence-electron chi connectivity index (χ1n) is 5.35. The Morgan fingerprint density at radius 1 is 1.33 bits per heavy atom. The first kappa shape index (κ1) is 12.6. The summed E-state index contributed by atoms with van der Waals surface area (Å²) in [4.78, 5) is 16.6. The predicted octanol–water partition coefficient (Wildman–Crippen LogP) is 1.76. The molecule has 8 heteroatoms. The van der Waals surface area contributed by atoms with Crippen LogP contribution in [0.5, 0.6) is 6.01 Å². The summed E-state index contributed by atoms with van der Waals surface area (Å²) in [6, 6.07) is 0.256. The molecule has 96 valence electrons. The van der Waals surface area contributed by atoms with Crippen molar-refractivity contribution >= 4 is 17.7 Å². The molecule has 0 aromatic carbocycles. The van der Waals surface area contributed by atoms with Crippen molar-refractivity contribution < 1.29 is 9.15 Å². The maximum absolute atomic E-state index is 5.23. The molecule has 0 aliphatic carbocycles. The largest absolute Gasteiger partial charge is 0.467 e. The van der Waals surface area contributed by atoms with E-state index < -0.39 is 0 Å². The zero-order valence-corrected chi connectivity index (χ0v) is 11.1. The number of anilines is 1. The Kier molecular flexibility index (Phi) is 3.98. The number of nitrogens with zero attached hydrogens (tertiary/aromatic N) is 4. The minimum Gasteiger partial charge on any atom is -0.467 e. The van der Waals surface area contributed by atoms with Gasteiger partial charge in [-0.05, 0) is 13.8 Å². The monoisotopic (exact) mass is 267 g/mol. The summed E-state index contributed by atoms with van der Waals surface area (Å²) in [6.45, 7) is 4.53. The van der Waals surface area contributed by atoms with E-state index in [1.165, 1.54) is 18.9 Å². The van der Waals surface area contributed by atoms with Crippen molar-refractivity contribution in [1.82, 2.24) is 19.9 Å². The first-order valence-corrected chi connectivity index (χ1v) is 6.17. The van der Waals surface area contributed by atoms with Crippen LogP contribution in [0.15, 0.2) is 21.1 Å². The van der Waals surface area contributed by atoms with Gasteiger partial charge in [0, 0.05) is 18.3 Å². The van der Waals surface area contributed by atoms with Gasteiger partial charge in [0.2, 0.25) is 11.1 Å². The zero-order valence-electron chi connectivity index (χ0n) is 10.3. The minimum absolute atomic E-state index is 0.256. The first-order chi connectivity index (χ1) is 8.71. The number of ether oxygens (including phenoxy) is 1. The minimum atomic E-state index is 0.256. The normalized spacial score (nSPS) is 10.4. The van der Waals surface area contributed by atoms with E-state index in [0.717, 1.165) is 12.2 Å². The standard InChI is InChI=1S/C10H13N5O2S/c1-4-11-7-13-8(16-3)15-9(14-7)18-10-12-6(2)5-17-10/h5H,4H2,1-3H3,(H,11,13,14,15). The number of aromatic nitrogens is 4. The Hall–Kier alpha value is -1.83. The molecule has 0 spiro atoms. The number of methoxy groups -OCH3 is 1. The van der Waals surface area contributed by atoms with Crippen LogP contribution < -0.4 is 10.1 Å². The highest BCUT2D eigenvalue weighted by Crippen LogP contribution is 2.25. The van der Waals surface area contributed by atoms with Gasteiger partial charge in [-0.2, -0.15) is 15.0 Å². The Morgan fingerprint density at radius 2 is 2.17 bits per heavy atom. The van der Waals surface area contributed by atoms with Gasteiger partial charge >= 0.3 is 6.01 Å². The fourth-order valence-electron chi connectivity index (χ4n) is 1.17. The SMILES string of the molecule is CCNc1nc(OC)nc(Sc2nc(C)co2)n1. The maximum atomic E-state index is 5.23. The highest BCUT2D eigenvalue weighted by atomic mass is 32.2. The van der Waals surface area contributed by atoms with Crippen LogP contribution in [0.25, 0.3) is 0 Å². The molecular formula is C10H13N5O2S. The van der Waals surface area contributed by atoms with Crippen molar-refractivity contribution in [2.45, 2.75) is 24.2 Å². The summed E-state index contributed by atoms with van der Waals surface area (Å²) in [5.41, 5.74) is 0.811. The molecular weight excluding hydrogens is 254 g/mol. The molecule has 7 nitrogen and oxygen atoms in total. The van der Waals surface area contributed by atoms with E-state index in [1.807, 2.05) is 13.8 Å². The molecule has 2 aromatic rings. The molecule has 0 bridgehead atoms. The summed E-state index contributed by atoms with van der Waals surface area (Å²) < 4.78 is 10.2. The molecule has 0 aliphatic rings. The summed E-state index contributed by atoms with van der Waals surface area (Å²) in [5, 5.41) is 3.97. The Bertz CT molecular complexity index is 531. The van der Waals surface area contributed by atoms with Crippen molar-refractivity contribution in [2.24, 2.45) is 0 Å². The molecule has 0 amide bonds. The molecule has 0 fully saturated rings. The van der Waals surface area contributed by atoms with Gasteiger partial charge < -0.3 is 14.5 Å². The van der Waals surface area contributed by atoms with Crippen molar-refractivity contribution in [3.63, 3.8) is 0 Å². The number of nitrogens with one attached hydrogen (secondary N) is 1. The van der Waals surface area contributed by atoms with Crippen LogP contribution >= 0.6 is 11.8 Å². The number of aryl methyl sites for hydroxylation is 1. The summed E-state index contributed by atoms with van der Waals surface area (Å²) in [6.07, 6.45) is 1.58. The van der Waals surface area contributed by atoms with Crippen LogP contribution in [0.4, 0.5) is 5.95 Å². The molecule has 2 rings (SSSR count). The van der Waals surface area contributed by atoms with E-state index in [2.05, 4.69) is 25.3 Å². The van der Waals surface area contributed by atoms with Crippen LogP contribution in [0.3, 0.4) is 0 Å². The third-order valence-electron chi connectivity index (χ3n) is 1.89. The molecule has 0 atom stereocenters. The summed E-state index contributed by atoms with van der Waals surface area (Å²) >= 11 is 1.22. The molecule has 18 heavy (non-hydrogen) atoms. The highest BCUT2D eigenvalue weighted by molar-refractivity contribution is 7.98. The highest BCUT2D eigenvalue weighted by Gasteiger charge is 2.11. The number of oxazole rings is 1. The van der Waals surface area contributed by atoms with Gasteiger partial charge in [-0.3, -0.25) is 0 Å². The van der Waals surface area contributed by atoms with E-state index in [9.17, 15) is 0 Å². The Labute approximate surface area is 108 Å². The van der Waals surface area contributed by atoms with E-state index >= 15 is 0 Å². The Morgan fingerprint density at radius 3 is 2.78 bits per heavy atom. The smallest absolute Gasteiger partial charge is 0.321 e. The molecule has 1 N–H and O–H groups in total. The van der Waals surface area contributed by atoms with Crippen molar-refractivity contribution in [3.8, 4) is 6.01 Å². The second kappa shape index (κ2) is 5.67. The van der Waals surface area contributed by atoms with Gasteiger partial charge in [0.15, 0.2) is 0 Å². The average molecular weight is 267 g/mol. The van der Waals surface area contributed by atoms with E-state index in [4.69, 9.17) is 9.15 Å². The topological polar surface area (TPSA) is 86.0 Å². The van der Waals surface area contributed by atoms with Gasteiger partial charge in [-0.15, -0.1) is 0 Å². The molecule has 0 aliphatic heterocycles. The fraction of sp³-hybridized carbons (Fsp3) is 0.400. The van der Waals surface area contributed by atoms with Crippen molar-refractivity contribution in [3.05, 3.63) is 12.0 Å². The molecule has 2 aromatic heterocycles. The van der Waals surface area contributed by atoms with E-state index in [0.29, 0.717) is 16.3 Å². The second-order valence-corrected chi connectivity index (χ2v) is 4.23. The van der Waals surface area contributed by atoms with Crippen molar-refractivity contribution in [1.29, 1.82) is 0 Å². The third-order valence-corrected chi connectivity index (χ3v) is 2.62. The van der Waals surface area contributed by atoms with Gasteiger partial charge in [0.05, 0.1) is 12.8 Å². The summed E-state index contributed by atoms with van der Waals surface area (Å²) in [5.74, 6) is 0.468. The van der Waals surface area contributed by atoms with E-state index in [1.54, 1.807) is 6.26 Å². The van der Waals surface area contributed by atoms with Crippen LogP contribution in [0.1, 0.15) is 12.6 Å². The molecule has 2 heterocycles. The second-order valence-electron chi connectivity index (χ2n) is 3.32. The molecule has 0 saturated carbocycles. The van der Waals surface area contributed by atoms with E-state index in [-0.39, 0.29) is 6.01 Å². The lowest BCUT2D eigenvalue weighted by atomic mass is 10.6. The van der Waals surface area contributed by atoms with Crippen LogP contribution in [-0.2, 0) is 0 Å². The van der Waals surface area contributed by atoms with Crippen LogP contribution in [-0.4, -0.2) is 33.6 Å². The zero-order chi connectivity index (χ0) is 13.0. The van der Waals surface area contributed by atoms with Gasteiger partial charge in [0.25, 0.3) is 5.22 Å². The van der Waals surface area contributed by atoms with Crippen LogP contribution in [0, 0.1) is 6.92 Å². The quantitative estimate of drug-likeness (QED) is 0.877. The Balaban J connectivity index is 2.23.